The summed E-state index contributed by atoms with van der Waals surface area (Å²) in [5, 5.41) is 2.05. The zero-order chi connectivity index (χ0) is 20.2. The maximum atomic E-state index is 12.3. The number of rotatable bonds is 7. The minimum absolute atomic E-state index is 0.0345. The molecule has 1 aromatic carbocycles. The molecule has 1 aliphatic rings. The number of aromatic nitrogens is 3. The molecule has 7 nitrogen and oxygen atoms in total. The van der Waals surface area contributed by atoms with Crippen molar-refractivity contribution < 1.29 is 9.53 Å². The van der Waals surface area contributed by atoms with E-state index < -0.39 is 6.10 Å². The smallest absolute Gasteiger partial charge is 0.263 e. The average molecular weight is 410 g/mol. The number of amides is 1. The summed E-state index contributed by atoms with van der Waals surface area (Å²) in [6.45, 7) is 2.14. The highest BCUT2D eigenvalue weighted by atomic mass is 32.1. The molecule has 0 radical (unpaired) electrons. The van der Waals surface area contributed by atoms with Crippen LogP contribution in [0, 0.1) is 0 Å². The Morgan fingerprint density at radius 2 is 2.07 bits per heavy atom. The summed E-state index contributed by atoms with van der Waals surface area (Å²) in [6, 6.07) is 6.02. The molecule has 150 valence electrons. The lowest BCUT2D eigenvalue weighted by atomic mass is 10.0. The standard InChI is InChI=1S/C21H23N5O2S/c1-25(11-18-12-29-14-24-18)10-16-7-15(17-8-22-13-23-9-17)3-4-19(16)28-20-5-6-26(2)21(20)27/h3-4,7-9,12-14,20H,5-6,10-11H2,1-2H3. The molecule has 3 heterocycles. The Balaban J connectivity index is 1.59. The van der Waals surface area contributed by atoms with E-state index in [-0.39, 0.29) is 5.91 Å². The van der Waals surface area contributed by atoms with Gasteiger partial charge in [-0.05, 0) is 24.7 Å². The van der Waals surface area contributed by atoms with Crippen molar-refractivity contribution >= 4 is 17.2 Å². The Hall–Kier alpha value is -2.84. The van der Waals surface area contributed by atoms with Crippen molar-refractivity contribution in [1.29, 1.82) is 0 Å². The highest BCUT2D eigenvalue weighted by Gasteiger charge is 2.31. The predicted molar refractivity (Wildman–Crippen MR) is 111 cm³/mol. The summed E-state index contributed by atoms with van der Waals surface area (Å²) in [5.74, 6) is 0.775. The quantitative estimate of drug-likeness (QED) is 0.598. The first-order valence-corrected chi connectivity index (χ1v) is 10.4. The molecule has 0 aliphatic carbocycles. The third-order valence-electron chi connectivity index (χ3n) is 4.96. The Labute approximate surface area is 174 Å². The van der Waals surface area contributed by atoms with E-state index in [1.54, 1.807) is 28.6 Å². The molecule has 1 unspecified atom stereocenters. The first-order valence-electron chi connectivity index (χ1n) is 9.45. The van der Waals surface area contributed by atoms with Crippen molar-refractivity contribution in [3.8, 4) is 16.9 Å². The zero-order valence-electron chi connectivity index (χ0n) is 16.5. The third-order valence-corrected chi connectivity index (χ3v) is 5.59. The second-order valence-electron chi connectivity index (χ2n) is 7.26. The van der Waals surface area contributed by atoms with Gasteiger partial charge in [-0.1, -0.05) is 6.07 Å². The molecule has 0 N–H and O–H groups in total. The van der Waals surface area contributed by atoms with Crippen LogP contribution in [0.5, 0.6) is 5.75 Å². The number of hydrogen-bond acceptors (Lipinski definition) is 7. The summed E-state index contributed by atoms with van der Waals surface area (Å²) >= 11 is 1.59. The van der Waals surface area contributed by atoms with E-state index in [1.165, 1.54) is 6.33 Å². The van der Waals surface area contributed by atoms with Gasteiger partial charge in [0.15, 0.2) is 6.10 Å². The number of benzene rings is 1. The summed E-state index contributed by atoms with van der Waals surface area (Å²) in [6.07, 6.45) is 5.39. The monoisotopic (exact) mass is 409 g/mol. The summed E-state index contributed by atoms with van der Waals surface area (Å²) in [4.78, 5) is 28.8. The summed E-state index contributed by atoms with van der Waals surface area (Å²) in [7, 11) is 3.86. The van der Waals surface area contributed by atoms with Crippen LogP contribution in [0.2, 0.25) is 0 Å². The predicted octanol–water partition coefficient (Wildman–Crippen LogP) is 2.84. The Bertz CT molecular complexity index is 964. The van der Waals surface area contributed by atoms with Crippen LogP contribution >= 0.6 is 11.3 Å². The van der Waals surface area contributed by atoms with Gasteiger partial charge < -0.3 is 9.64 Å². The number of carbonyl (C=O) groups is 1. The fourth-order valence-electron chi connectivity index (χ4n) is 3.44. The first kappa shape index (κ1) is 19.5. The van der Waals surface area contributed by atoms with E-state index in [9.17, 15) is 4.79 Å². The molecule has 4 rings (SSSR count). The van der Waals surface area contributed by atoms with Crippen molar-refractivity contribution in [2.24, 2.45) is 0 Å². The molecule has 29 heavy (non-hydrogen) atoms. The van der Waals surface area contributed by atoms with Crippen molar-refractivity contribution in [3.05, 3.63) is 59.1 Å². The van der Waals surface area contributed by atoms with Crippen LogP contribution < -0.4 is 4.74 Å². The lowest BCUT2D eigenvalue weighted by Gasteiger charge is -2.21. The normalized spacial score (nSPS) is 16.6. The highest BCUT2D eigenvalue weighted by Crippen LogP contribution is 2.29. The number of likely N-dealkylation sites (N-methyl/N-ethyl adjacent to an activating group) is 1. The SMILES string of the molecule is CN(Cc1cscn1)Cc1cc(-c2cncnc2)ccc1OC1CCN(C)C1=O. The van der Waals surface area contributed by atoms with Gasteiger partial charge in [0.05, 0.1) is 11.2 Å². The van der Waals surface area contributed by atoms with Crippen LogP contribution in [0.15, 0.2) is 47.8 Å². The molecule has 1 fully saturated rings. The van der Waals surface area contributed by atoms with Gasteiger partial charge in [-0.15, -0.1) is 11.3 Å². The Morgan fingerprint density at radius 1 is 1.24 bits per heavy atom. The molecule has 8 heteroatoms. The fraction of sp³-hybridized carbons (Fsp3) is 0.333. The molecule has 1 amide bonds. The van der Waals surface area contributed by atoms with E-state index in [4.69, 9.17) is 4.74 Å². The van der Waals surface area contributed by atoms with Crippen molar-refractivity contribution in [2.75, 3.05) is 20.6 Å². The lowest BCUT2D eigenvalue weighted by molar-refractivity contribution is -0.132. The molecule has 1 atom stereocenters. The fourth-order valence-corrected chi connectivity index (χ4v) is 3.99. The van der Waals surface area contributed by atoms with Gasteiger partial charge in [0.25, 0.3) is 5.91 Å². The van der Waals surface area contributed by atoms with Gasteiger partial charge in [-0.2, -0.15) is 0 Å². The van der Waals surface area contributed by atoms with E-state index >= 15 is 0 Å². The van der Waals surface area contributed by atoms with E-state index in [1.807, 2.05) is 24.7 Å². The molecular weight excluding hydrogens is 386 g/mol. The number of nitrogens with zero attached hydrogens (tertiary/aromatic N) is 5. The van der Waals surface area contributed by atoms with Crippen LogP contribution in [0.3, 0.4) is 0 Å². The summed E-state index contributed by atoms with van der Waals surface area (Å²) < 4.78 is 6.15. The van der Waals surface area contributed by atoms with Gasteiger partial charge in [-0.3, -0.25) is 9.69 Å². The van der Waals surface area contributed by atoms with Crippen LogP contribution in [0.4, 0.5) is 0 Å². The average Bonchev–Trinajstić information content (AvgIpc) is 3.35. The molecule has 0 saturated carbocycles. The topological polar surface area (TPSA) is 71.5 Å². The number of likely N-dealkylation sites (tertiary alicyclic amines) is 1. The molecule has 0 bridgehead atoms. The Kier molecular flexibility index (Phi) is 5.82. The maximum Gasteiger partial charge on any atom is 0.263 e. The van der Waals surface area contributed by atoms with Crippen LogP contribution in [-0.4, -0.2) is 57.4 Å². The minimum Gasteiger partial charge on any atom is -0.480 e. The largest absolute Gasteiger partial charge is 0.480 e. The van der Waals surface area contributed by atoms with Crippen molar-refractivity contribution in [1.82, 2.24) is 24.8 Å². The maximum absolute atomic E-state index is 12.3. The number of thiazole rings is 1. The Morgan fingerprint density at radius 3 is 2.76 bits per heavy atom. The molecular formula is C21H23N5O2S. The molecule has 0 spiro atoms. The molecule has 3 aromatic rings. The van der Waals surface area contributed by atoms with Gasteiger partial charge in [0.1, 0.15) is 12.1 Å². The number of ether oxygens (including phenoxy) is 1. The van der Waals surface area contributed by atoms with Crippen molar-refractivity contribution in [3.63, 3.8) is 0 Å². The van der Waals surface area contributed by atoms with Gasteiger partial charge >= 0.3 is 0 Å². The molecule has 2 aromatic heterocycles. The second-order valence-corrected chi connectivity index (χ2v) is 7.98. The van der Waals surface area contributed by atoms with Gasteiger partial charge in [0.2, 0.25) is 0 Å². The van der Waals surface area contributed by atoms with Crippen LogP contribution in [0.25, 0.3) is 11.1 Å². The highest BCUT2D eigenvalue weighted by molar-refractivity contribution is 7.07. The van der Waals surface area contributed by atoms with E-state index in [2.05, 4.69) is 38.3 Å². The van der Waals surface area contributed by atoms with Gasteiger partial charge in [0, 0.05) is 62.0 Å². The van der Waals surface area contributed by atoms with E-state index in [0.29, 0.717) is 13.0 Å². The third kappa shape index (κ3) is 4.60. The van der Waals surface area contributed by atoms with Crippen molar-refractivity contribution in [2.45, 2.75) is 25.6 Å². The molecule has 1 aliphatic heterocycles. The van der Waals surface area contributed by atoms with Crippen LogP contribution in [0.1, 0.15) is 17.7 Å². The number of carbonyl (C=O) groups excluding carboxylic acids is 1. The number of hydrogen-bond donors (Lipinski definition) is 0. The van der Waals surface area contributed by atoms with Gasteiger partial charge in [-0.25, -0.2) is 15.0 Å². The summed E-state index contributed by atoms with van der Waals surface area (Å²) in [5.41, 5.74) is 5.87. The zero-order valence-corrected chi connectivity index (χ0v) is 17.3. The first-order chi connectivity index (χ1) is 14.1. The minimum atomic E-state index is -0.423. The lowest BCUT2D eigenvalue weighted by Crippen LogP contribution is -2.30. The second kappa shape index (κ2) is 8.67. The van der Waals surface area contributed by atoms with Crippen LogP contribution in [-0.2, 0) is 17.9 Å². The van der Waals surface area contributed by atoms with E-state index in [0.717, 1.165) is 41.2 Å². The molecule has 1 saturated heterocycles.